The molecule has 0 radical (unpaired) electrons. The predicted octanol–water partition coefficient (Wildman–Crippen LogP) is 2.64. The van der Waals surface area contributed by atoms with Crippen molar-refractivity contribution >= 4 is 0 Å². The van der Waals surface area contributed by atoms with Crippen LogP contribution in [0.1, 0.15) is 12.0 Å². The van der Waals surface area contributed by atoms with Crippen LogP contribution in [0.25, 0.3) is 11.1 Å². The third-order valence-corrected chi connectivity index (χ3v) is 2.59. The second kappa shape index (κ2) is 5.42. The molecular formula is C14H16N2. The van der Waals surface area contributed by atoms with Gasteiger partial charge in [-0.1, -0.05) is 30.3 Å². The highest BCUT2D eigenvalue weighted by molar-refractivity contribution is 5.62. The van der Waals surface area contributed by atoms with Gasteiger partial charge >= 0.3 is 0 Å². The van der Waals surface area contributed by atoms with Crippen molar-refractivity contribution in [2.75, 3.05) is 6.54 Å². The van der Waals surface area contributed by atoms with Crippen molar-refractivity contribution in [3.05, 3.63) is 54.4 Å². The molecule has 0 aliphatic rings. The van der Waals surface area contributed by atoms with Crippen LogP contribution in [0, 0.1) is 0 Å². The Bertz CT molecular complexity index is 437. The van der Waals surface area contributed by atoms with E-state index in [-0.39, 0.29) is 0 Å². The molecule has 0 aliphatic carbocycles. The van der Waals surface area contributed by atoms with Crippen LogP contribution < -0.4 is 5.73 Å². The molecule has 82 valence electrons. The van der Waals surface area contributed by atoms with E-state index in [1.807, 2.05) is 12.3 Å². The summed E-state index contributed by atoms with van der Waals surface area (Å²) in [5.41, 5.74) is 9.24. The van der Waals surface area contributed by atoms with Gasteiger partial charge < -0.3 is 5.73 Å². The van der Waals surface area contributed by atoms with Crippen molar-refractivity contribution in [3.63, 3.8) is 0 Å². The number of hydrogen-bond acceptors (Lipinski definition) is 2. The van der Waals surface area contributed by atoms with Gasteiger partial charge in [-0.15, -0.1) is 0 Å². The minimum absolute atomic E-state index is 0.747. The average molecular weight is 212 g/mol. The number of pyridine rings is 1. The zero-order valence-corrected chi connectivity index (χ0v) is 9.26. The van der Waals surface area contributed by atoms with Gasteiger partial charge in [0.05, 0.1) is 0 Å². The molecule has 0 saturated carbocycles. The predicted molar refractivity (Wildman–Crippen MR) is 67.0 cm³/mol. The minimum Gasteiger partial charge on any atom is -0.330 e. The molecule has 0 bridgehead atoms. The largest absolute Gasteiger partial charge is 0.330 e. The molecule has 1 heterocycles. The van der Waals surface area contributed by atoms with Crippen LogP contribution in [0.5, 0.6) is 0 Å². The summed E-state index contributed by atoms with van der Waals surface area (Å²) in [4.78, 5) is 4.13. The van der Waals surface area contributed by atoms with Crippen molar-refractivity contribution in [1.82, 2.24) is 4.98 Å². The lowest BCUT2D eigenvalue weighted by atomic mass is 10.0. The molecular weight excluding hydrogens is 196 g/mol. The van der Waals surface area contributed by atoms with Gasteiger partial charge in [0, 0.05) is 12.4 Å². The topological polar surface area (TPSA) is 38.9 Å². The first-order valence-electron chi connectivity index (χ1n) is 5.59. The number of aromatic nitrogens is 1. The lowest BCUT2D eigenvalue weighted by Crippen LogP contribution is -2.00. The van der Waals surface area contributed by atoms with E-state index in [2.05, 4.69) is 35.3 Å². The van der Waals surface area contributed by atoms with Gasteiger partial charge in [-0.05, 0) is 42.1 Å². The Morgan fingerprint density at radius 2 is 1.94 bits per heavy atom. The van der Waals surface area contributed by atoms with Gasteiger partial charge in [0.2, 0.25) is 0 Å². The van der Waals surface area contributed by atoms with E-state index in [0.717, 1.165) is 24.9 Å². The van der Waals surface area contributed by atoms with Crippen molar-refractivity contribution in [3.8, 4) is 11.1 Å². The fraction of sp³-hybridized carbons (Fsp3) is 0.214. The maximum Gasteiger partial charge on any atom is 0.0346 e. The molecule has 1 aromatic carbocycles. The van der Waals surface area contributed by atoms with Crippen LogP contribution in [0.15, 0.2) is 48.8 Å². The highest BCUT2D eigenvalue weighted by Gasteiger charge is 1.98. The number of nitrogens with two attached hydrogens (primary N) is 1. The monoisotopic (exact) mass is 212 g/mol. The van der Waals surface area contributed by atoms with E-state index in [4.69, 9.17) is 5.73 Å². The summed E-state index contributed by atoms with van der Waals surface area (Å²) in [6.07, 6.45) is 5.77. The molecule has 2 N–H and O–H groups in total. The smallest absolute Gasteiger partial charge is 0.0346 e. The summed E-state index contributed by atoms with van der Waals surface area (Å²) >= 11 is 0. The molecule has 1 aromatic heterocycles. The van der Waals surface area contributed by atoms with Crippen molar-refractivity contribution in [2.45, 2.75) is 12.8 Å². The summed E-state index contributed by atoms with van der Waals surface area (Å²) in [5.74, 6) is 0. The Hall–Kier alpha value is -1.67. The Morgan fingerprint density at radius 1 is 1.06 bits per heavy atom. The molecule has 16 heavy (non-hydrogen) atoms. The Labute approximate surface area is 96.1 Å². The number of benzene rings is 1. The van der Waals surface area contributed by atoms with Gasteiger partial charge in [0.1, 0.15) is 0 Å². The zero-order chi connectivity index (χ0) is 11.2. The zero-order valence-electron chi connectivity index (χ0n) is 9.26. The molecule has 2 aromatic rings. The summed E-state index contributed by atoms with van der Waals surface area (Å²) in [6.45, 7) is 0.747. The highest BCUT2D eigenvalue weighted by Crippen LogP contribution is 2.19. The molecule has 2 nitrogen and oxygen atoms in total. The third kappa shape index (κ3) is 2.67. The second-order valence-corrected chi connectivity index (χ2v) is 3.83. The average Bonchev–Trinajstić information content (AvgIpc) is 2.38. The molecule has 0 fully saturated rings. The van der Waals surface area contributed by atoms with Crippen molar-refractivity contribution in [2.24, 2.45) is 5.73 Å². The lowest BCUT2D eigenvalue weighted by molar-refractivity contribution is 0.833. The fourth-order valence-electron chi connectivity index (χ4n) is 1.75. The van der Waals surface area contributed by atoms with Gasteiger partial charge in [0.15, 0.2) is 0 Å². The van der Waals surface area contributed by atoms with Gasteiger partial charge in [-0.2, -0.15) is 0 Å². The number of aryl methyl sites for hydroxylation is 1. The standard InChI is InChI=1S/C14H16N2/c15-8-2-5-12-4-1-6-13(10-12)14-7-3-9-16-11-14/h1,3-4,6-7,9-11H,2,5,8,15H2. The maximum absolute atomic E-state index is 5.52. The maximum atomic E-state index is 5.52. The van der Waals surface area contributed by atoms with Crippen LogP contribution in [0.2, 0.25) is 0 Å². The normalized spacial score (nSPS) is 10.3. The summed E-state index contributed by atoms with van der Waals surface area (Å²) in [6, 6.07) is 12.6. The highest BCUT2D eigenvalue weighted by atomic mass is 14.6. The van der Waals surface area contributed by atoms with Crippen LogP contribution in [0.3, 0.4) is 0 Å². The molecule has 0 unspecified atom stereocenters. The quantitative estimate of drug-likeness (QED) is 0.846. The number of nitrogens with zero attached hydrogens (tertiary/aromatic N) is 1. The summed E-state index contributed by atoms with van der Waals surface area (Å²) in [5, 5.41) is 0. The Kier molecular flexibility index (Phi) is 3.67. The SMILES string of the molecule is NCCCc1cccc(-c2cccnc2)c1. The number of hydrogen-bond donors (Lipinski definition) is 1. The van der Waals surface area contributed by atoms with Crippen molar-refractivity contribution in [1.29, 1.82) is 0 Å². The van der Waals surface area contributed by atoms with Crippen LogP contribution in [-0.2, 0) is 6.42 Å². The molecule has 0 aliphatic heterocycles. The fourth-order valence-corrected chi connectivity index (χ4v) is 1.75. The van der Waals surface area contributed by atoms with Crippen LogP contribution >= 0.6 is 0 Å². The molecule has 0 amide bonds. The van der Waals surface area contributed by atoms with E-state index in [0.29, 0.717) is 0 Å². The van der Waals surface area contributed by atoms with Gasteiger partial charge in [-0.25, -0.2) is 0 Å². The summed E-state index contributed by atoms with van der Waals surface area (Å²) in [7, 11) is 0. The van der Waals surface area contributed by atoms with E-state index in [9.17, 15) is 0 Å². The van der Waals surface area contributed by atoms with E-state index < -0.39 is 0 Å². The van der Waals surface area contributed by atoms with E-state index >= 15 is 0 Å². The van der Waals surface area contributed by atoms with Crippen molar-refractivity contribution < 1.29 is 0 Å². The van der Waals surface area contributed by atoms with E-state index in [1.54, 1.807) is 6.20 Å². The minimum atomic E-state index is 0.747. The Morgan fingerprint density at radius 3 is 2.69 bits per heavy atom. The van der Waals surface area contributed by atoms with Crippen LogP contribution in [0.4, 0.5) is 0 Å². The Balaban J connectivity index is 2.22. The molecule has 2 rings (SSSR count). The van der Waals surface area contributed by atoms with Crippen LogP contribution in [-0.4, -0.2) is 11.5 Å². The van der Waals surface area contributed by atoms with E-state index in [1.165, 1.54) is 11.1 Å². The van der Waals surface area contributed by atoms with Gasteiger partial charge in [-0.3, -0.25) is 4.98 Å². The molecule has 0 spiro atoms. The first-order valence-corrected chi connectivity index (χ1v) is 5.59. The first kappa shape index (κ1) is 10.8. The number of rotatable bonds is 4. The molecule has 0 saturated heterocycles. The summed E-state index contributed by atoms with van der Waals surface area (Å²) < 4.78 is 0. The first-order chi connectivity index (χ1) is 7.90. The third-order valence-electron chi connectivity index (χ3n) is 2.59. The lowest BCUT2D eigenvalue weighted by Gasteiger charge is -2.04. The molecule has 2 heteroatoms. The molecule has 0 atom stereocenters. The van der Waals surface area contributed by atoms with Gasteiger partial charge in [0.25, 0.3) is 0 Å². The second-order valence-electron chi connectivity index (χ2n) is 3.83.